The van der Waals surface area contributed by atoms with Crippen molar-refractivity contribution in [3.05, 3.63) is 41.7 Å². The number of nitrogens with one attached hydrogen (secondary N) is 1. The number of benzene rings is 1. The molecule has 1 aromatic heterocycles. The number of carbonyl (C=O) groups is 1. The minimum absolute atomic E-state index is 0.102. The Balaban J connectivity index is 1.83. The van der Waals surface area contributed by atoms with Gasteiger partial charge in [-0.25, -0.2) is 0 Å². The monoisotopic (exact) mass is 325 g/mol. The van der Waals surface area contributed by atoms with Crippen LogP contribution in [-0.4, -0.2) is 35.4 Å². The van der Waals surface area contributed by atoms with Crippen molar-refractivity contribution < 1.29 is 4.79 Å². The highest BCUT2D eigenvalue weighted by Crippen LogP contribution is 2.28. The van der Waals surface area contributed by atoms with E-state index in [9.17, 15) is 4.79 Å². The van der Waals surface area contributed by atoms with Gasteiger partial charge < -0.3 is 10.2 Å². The summed E-state index contributed by atoms with van der Waals surface area (Å²) in [6.45, 7) is 7.26. The molecule has 128 valence electrons. The zero-order valence-corrected chi connectivity index (χ0v) is 15.1. The third-order valence-electron chi connectivity index (χ3n) is 5.16. The molecule has 0 radical (unpaired) electrons. The number of rotatable bonds is 4. The minimum atomic E-state index is -0.498. The Labute approximate surface area is 144 Å². The molecule has 1 amide bonds. The molecule has 1 aliphatic heterocycles. The van der Waals surface area contributed by atoms with E-state index in [1.807, 2.05) is 32.2 Å². The Morgan fingerprint density at radius 2 is 2.12 bits per heavy atom. The van der Waals surface area contributed by atoms with E-state index in [1.165, 1.54) is 17.4 Å². The Hall–Kier alpha value is -1.94. The van der Waals surface area contributed by atoms with E-state index in [0.717, 1.165) is 24.0 Å². The summed E-state index contributed by atoms with van der Waals surface area (Å²) < 4.78 is 0. The number of nitrogens with zero attached hydrogens (tertiary/aromatic N) is 2. The number of aryl methyl sites for hydroxylation is 1. The maximum Gasteiger partial charge on any atom is 0.222 e. The average Bonchev–Trinajstić information content (AvgIpc) is 2.91. The molecule has 2 heterocycles. The van der Waals surface area contributed by atoms with Gasteiger partial charge in [0.15, 0.2) is 0 Å². The number of hydrogen-bond acceptors (Lipinski definition) is 3. The van der Waals surface area contributed by atoms with Gasteiger partial charge >= 0.3 is 0 Å². The lowest BCUT2D eigenvalue weighted by atomic mass is 9.93. The van der Waals surface area contributed by atoms with Crippen LogP contribution in [0.15, 0.2) is 30.5 Å². The average molecular weight is 325 g/mol. The lowest BCUT2D eigenvalue weighted by molar-refractivity contribution is -0.123. The fourth-order valence-electron chi connectivity index (χ4n) is 3.77. The highest BCUT2D eigenvalue weighted by atomic mass is 16.1. The van der Waals surface area contributed by atoms with Gasteiger partial charge in [0.25, 0.3) is 0 Å². The largest absolute Gasteiger partial charge is 0.346 e. The Morgan fingerprint density at radius 3 is 2.83 bits per heavy atom. The first-order valence-corrected chi connectivity index (χ1v) is 8.74. The summed E-state index contributed by atoms with van der Waals surface area (Å²) >= 11 is 0. The summed E-state index contributed by atoms with van der Waals surface area (Å²) in [4.78, 5) is 19.4. The van der Waals surface area contributed by atoms with Gasteiger partial charge in [-0.15, -0.1) is 0 Å². The lowest BCUT2D eigenvalue weighted by Gasteiger charge is -2.28. The van der Waals surface area contributed by atoms with Crippen molar-refractivity contribution in [3.8, 4) is 0 Å². The van der Waals surface area contributed by atoms with Crippen molar-refractivity contribution in [2.24, 2.45) is 0 Å². The molecule has 2 aromatic rings. The Bertz CT molecular complexity index is 754. The van der Waals surface area contributed by atoms with Crippen molar-refractivity contribution in [1.29, 1.82) is 0 Å². The van der Waals surface area contributed by atoms with Crippen LogP contribution in [0.1, 0.15) is 44.4 Å². The third kappa shape index (κ3) is 3.29. The molecule has 1 aromatic carbocycles. The van der Waals surface area contributed by atoms with Crippen LogP contribution in [0.5, 0.6) is 0 Å². The van der Waals surface area contributed by atoms with Crippen molar-refractivity contribution in [3.63, 3.8) is 0 Å². The summed E-state index contributed by atoms with van der Waals surface area (Å²) in [6.07, 6.45) is 4.69. The Morgan fingerprint density at radius 1 is 1.33 bits per heavy atom. The molecule has 0 aliphatic carbocycles. The number of hydrogen-bond donors (Lipinski definition) is 1. The zero-order chi connectivity index (χ0) is 17.3. The van der Waals surface area contributed by atoms with E-state index < -0.39 is 5.54 Å². The van der Waals surface area contributed by atoms with Crippen LogP contribution < -0.4 is 5.32 Å². The summed E-state index contributed by atoms with van der Waals surface area (Å²) in [5.74, 6) is 0.102. The van der Waals surface area contributed by atoms with Crippen molar-refractivity contribution >= 4 is 16.7 Å². The minimum Gasteiger partial charge on any atom is -0.346 e. The molecule has 0 unspecified atom stereocenters. The standard InChI is InChI=1S/C20H27N3O/c1-14-7-5-9-17-16(14)10-11-21-19(17)20(2,3)22-18(24)13-15-8-6-12-23(15)4/h5,7,9-11,15H,6,8,12-13H2,1-4H3,(H,22,24)/t15-/m0/s1. The summed E-state index contributed by atoms with van der Waals surface area (Å²) in [5, 5.41) is 5.51. The zero-order valence-electron chi connectivity index (χ0n) is 15.1. The molecule has 1 fully saturated rings. The SMILES string of the molecule is Cc1cccc2c(C(C)(C)NC(=O)C[C@@H]3CCCN3C)nccc12. The fraction of sp³-hybridized carbons (Fsp3) is 0.500. The van der Waals surface area contributed by atoms with E-state index in [1.54, 1.807) is 0 Å². The first-order chi connectivity index (χ1) is 11.4. The smallest absolute Gasteiger partial charge is 0.222 e. The van der Waals surface area contributed by atoms with E-state index in [4.69, 9.17) is 0 Å². The normalized spacial score (nSPS) is 18.9. The summed E-state index contributed by atoms with van der Waals surface area (Å²) in [5.41, 5.74) is 1.66. The van der Waals surface area contributed by atoms with Crippen LogP contribution in [-0.2, 0) is 10.3 Å². The second-order valence-electron chi connectivity index (χ2n) is 7.48. The van der Waals surface area contributed by atoms with Crippen molar-refractivity contribution in [2.45, 2.75) is 51.6 Å². The second kappa shape index (κ2) is 6.52. The van der Waals surface area contributed by atoms with Crippen LogP contribution in [0.4, 0.5) is 0 Å². The van der Waals surface area contributed by atoms with Crippen LogP contribution in [0.25, 0.3) is 10.8 Å². The van der Waals surface area contributed by atoms with Crippen molar-refractivity contribution in [2.75, 3.05) is 13.6 Å². The summed E-state index contributed by atoms with van der Waals surface area (Å²) in [6, 6.07) is 8.65. The number of carbonyl (C=O) groups excluding carboxylic acids is 1. The highest BCUT2D eigenvalue weighted by molar-refractivity contribution is 5.88. The predicted molar refractivity (Wildman–Crippen MR) is 97.9 cm³/mol. The molecule has 3 rings (SSSR count). The molecule has 1 atom stereocenters. The van der Waals surface area contributed by atoms with Crippen LogP contribution in [0, 0.1) is 6.92 Å². The van der Waals surface area contributed by atoms with Gasteiger partial charge in [-0.1, -0.05) is 18.2 Å². The topological polar surface area (TPSA) is 45.2 Å². The van der Waals surface area contributed by atoms with Gasteiger partial charge in [-0.05, 0) is 64.2 Å². The first kappa shape index (κ1) is 16.9. The third-order valence-corrected chi connectivity index (χ3v) is 5.16. The number of likely N-dealkylation sites (tertiary alicyclic amines) is 1. The number of aromatic nitrogens is 1. The molecule has 1 aliphatic rings. The molecule has 0 bridgehead atoms. The van der Waals surface area contributed by atoms with Gasteiger partial charge in [-0.2, -0.15) is 0 Å². The van der Waals surface area contributed by atoms with E-state index in [-0.39, 0.29) is 5.91 Å². The first-order valence-electron chi connectivity index (χ1n) is 8.74. The maximum atomic E-state index is 12.6. The molecule has 0 saturated carbocycles. The number of amides is 1. The van der Waals surface area contributed by atoms with Crippen LogP contribution in [0.3, 0.4) is 0 Å². The second-order valence-corrected chi connectivity index (χ2v) is 7.48. The molecule has 1 N–H and O–H groups in total. The lowest BCUT2D eigenvalue weighted by Crippen LogP contribution is -2.44. The van der Waals surface area contributed by atoms with Gasteiger partial charge in [-0.3, -0.25) is 9.78 Å². The van der Waals surface area contributed by atoms with Crippen LogP contribution >= 0.6 is 0 Å². The highest BCUT2D eigenvalue weighted by Gasteiger charge is 2.29. The predicted octanol–water partition coefficient (Wildman–Crippen LogP) is 3.38. The fourth-order valence-corrected chi connectivity index (χ4v) is 3.77. The van der Waals surface area contributed by atoms with Gasteiger partial charge in [0.2, 0.25) is 5.91 Å². The quantitative estimate of drug-likeness (QED) is 0.937. The molecule has 4 nitrogen and oxygen atoms in total. The molecule has 24 heavy (non-hydrogen) atoms. The van der Waals surface area contributed by atoms with Gasteiger partial charge in [0.05, 0.1) is 11.2 Å². The van der Waals surface area contributed by atoms with Gasteiger partial charge in [0.1, 0.15) is 0 Å². The molecular weight excluding hydrogens is 298 g/mol. The number of fused-ring (bicyclic) bond motifs is 1. The molecule has 1 saturated heterocycles. The van der Waals surface area contributed by atoms with Crippen LogP contribution in [0.2, 0.25) is 0 Å². The molecule has 4 heteroatoms. The maximum absolute atomic E-state index is 12.6. The number of pyridine rings is 1. The molecule has 0 spiro atoms. The van der Waals surface area contributed by atoms with E-state index in [2.05, 4.69) is 41.3 Å². The van der Waals surface area contributed by atoms with E-state index >= 15 is 0 Å². The van der Waals surface area contributed by atoms with E-state index in [0.29, 0.717) is 12.5 Å². The van der Waals surface area contributed by atoms with Crippen molar-refractivity contribution in [1.82, 2.24) is 15.2 Å². The van der Waals surface area contributed by atoms with Gasteiger partial charge in [0, 0.05) is 24.0 Å². The Kier molecular flexibility index (Phi) is 4.59. The molecular formula is C20H27N3O. The summed E-state index contributed by atoms with van der Waals surface area (Å²) in [7, 11) is 2.10.